The van der Waals surface area contributed by atoms with E-state index < -0.39 is 0 Å². The first kappa shape index (κ1) is 25.2. The van der Waals surface area contributed by atoms with Crippen molar-refractivity contribution in [3.8, 4) is 0 Å². The Hall–Kier alpha value is -2.12. The van der Waals surface area contributed by atoms with Crippen LogP contribution in [-0.2, 0) is 0 Å². The molecule has 0 saturated heterocycles. The van der Waals surface area contributed by atoms with Gasteiger partial charge in [0.25, 0.3) is 0 Å². The number of aliphatic hydroxyl groups is 1. The average Bonchev–Trinajstić information content (AvgIpc) is 3.28. The lowest BCUT2D eigenvalue weighted by molar-refractivity contribution is -0.0926. The first-order valence-electron chi connectivity index (χ1n) is 15.1. The van der Waals surface area contributed by atoms with Gasteiger partial charge in [0.15, 0.2) is 0 Å². The van der Waals surface area contributed by atoms with Gasteiger partial charge in [-0.3, -0.25) is 0 Å². The second-order valence-electron chi connectivity index (χ2n) is 13.3. The molecule has 1 N–H and O–H groups in total. The highest BCUT2D eigenvalue weighted by atomic mass is 16.3. The molecule has 0 bridgehead atoms. The molecule has 37 heavy (non-hydrogen) atoms. The average molecular weight is 495 g/mol. The number of benzene rings is 2. The Kier molecular flexibility index (Phi) is 6.72. The number of hydrogen-bond donors (Lipinski definition) is 1. The quantitative estimate of drug-likeness (QED) is 0.411. The first-order chi connectivity index (χ1) is 17.9. The largest absolute Gasteiger partial charge is 0.392 e. The number of rotatable bonds is 5. The predicted molar refractivity (Wildman–Crippen MR) is 155 cm³/mol. The number of hydrogen-bond acceptors (Lipinski definition) is 1. The molecular formula is C36H46O. The fourth-order valence-electron chi connectivity index (χ4n) is 9.80. The lowest BCUT2D eigenvalue weighted by atomic mass is 9.46. The molecule has 0 radical (unpaired) electrons. The Bertz CT molecular complexity index is 1100. The monoisotopic (exact) mass is 494 g/mol. The van der Waals surface area contributed by atoms with Gasteiger partial charge in [0.1, 0.15) is 0 Å². The summed E-state index contributed by atoms with van der Waals surface area (Å²) in [7, 11) is 0. The smallest absolute Gasteiger partial charge is 0.0633 e. The molecule has 2 aromatic rings. The summed E-state index contributed by atoms with van der Waals surface area (Å²) in [6.07, 6.45) is 16.2. The molecule has 196 valence electrons. The molecule has 2 aromatic carbocycles. The van der Waals surface area contributed by atoms with Crippen LogP contribution in [0.15, 0.2) is 78.4 Å². The van der Waals surface area contributed by atoms with Crippen LogP contribution in [0.5, 0.6) is 0 Å². The van der Waals surface area contributed by atoms with Crippen LogP contribution in [0.3, 0.4) is 0 Å². The van der Waals surface area contributed by atoms with Gasteiger partial charge < -0.3 is 5.11 Å². The van der Waals surface area contributed by atoms with Gasteiger partial charge in [-0.15, -0.1) is 0 Å². The zero-order valence-electron chi connectivity index (χ0n) is 23.2. The molecule has 0 spiro atoms. The number of fused-ring (bicyclic) bond motifs is 5. The van der Waals surface area contributed by atoms with Crippen molar-refractivity contribution in [2.45, 2.75) is 84.7 Å². The molecule has 1 heteroatoms. The Morgan fingerprint density at radius 3 is 2.27 bits per heavy atom. The molecule has 0 aliphatic heterocycles. The highest BCUT2D eigenvalue weighted by Crippen LogP contribution is 2.67. The van der Waals surface area contributed by atoms with E-state index in [1.165, 1.54) is 61.6 Å². The zero-order valence-corrected chi connectivity index (χ0v) is 23.2. The minimum atomic E-state index is -0.139. The Morgan fingerprint density at radius 2 is 1.59 bits per heavy atom. The van der Waals surface area contributed by atoms with Gasteiger partial charge in [0, 0.05) is 5.41 Å². The summed E-state index contributed by atoms with van der Waals surface area (Å²) < 4.78 is 0. The third-order valence-electron chi connectivity index (χ3n) is 11.8. The van der Waals surface area contributed by atoms with Gasteiger partial charge in [-0.1, -0.05) is 99.2 Å². The van der Waals surface area contributed by atoms with E-state index in [0.29, 0.717) is 17.3 Å². The summed E-state index contributed by atoms with van der Waals surface area (Å²) in [5, 5.41) is 11.2. The van der Waals surface area contributed by atoms with Crippen LogP contribution in [0.1, 0.15) is 89.7 Å². The van der Waals surface area contributed by atoms with E-state index in [4.69, 9.17) is 0 Å². The molecule has 0 amide bonds. The molecule has 0 aromatic heterocycles. The van der Waals surface area contributed by atoms with E-state index in [-0.39, 0.29) is 11.5 Å². The van der Waals surface area contributed by atoms with E-state index in [0.717, 1.165) is 30.6 Å². The van der Waals surface area contributed by atoms with E-state index in [2.05, 4.69) is 93.6 Å². The topological polar surface area (TPSA) is 20.2 Å². The summed E-state index contributed by atoms with van der Waals surface area (Å²) in [5.41, 5.74) is 6.09. The molecule has 1 nitrogen and oxygen atoms in total. The fraction of sp³-hybridized carbons (Fsp3) is 0.556. The van der Waals surface area contributed by atoms with Crippen LogP contribution in [0, 0.1) is 40.4 Å². The second-order valence-corrected chi connectivity index (χ2v) is 13.3. The van der Waals surface area contributed by atoms with E-state index in [1.807, 2.05) is 0 Å². The minimum absolute atomic E-state index is 0.0369. The Balaban J connectivity index is 1.24. The van der Waals surface area contributed by atoms with Crippen LogP contribution >= 0.6 is 0 Å². The van der Waals surface area contributed by atoms with Crippen molar-refractivity contribution < 1.29 is 5.11 Å². The van der Waals surface area contributed by atoms with Gasteiger partial charge in [-0.2, -0.15) is 0 Å². The Morgan fingerprint density at radius 1 is 0.919 bits per heavy atom. The van der Waals surface area contributed by atoms with Crippen molar-refractivity contribution in [3.05, 3.63) is 89.5 Å². The number of aliphatic hydroxyl groups excluding tert-OH is 1. The van der Waals surface area contributed by atoms with Gasteiger partial charge in [-0.25, -0.2) is 0 Å². The van der Waals surface area contributed by atoms with E-state index in [1.54, 1.807) is 5.57 Å². The normalized spacial score (nSPS) is 37.5. The molecule has 4 aliphatic rings. The van der Waals surface area contributed by atoms with Crippen molar-refractivity contribution in [2.24, 2.45) is 40.4 Å². The standard InChI is InChI=1S/C36H46O/c1-25(17-19-29(26-11-6-4-7-12-26)27-13-8-5-9-14-27)31-21-22-32-30-20-18-28-15-10-16-34(37)36(28,3)33(30)23-24-35(31,32)2/h4-9,11-14,18-19,25,30-34,37H,10,15-17,20-24H2,1-3H3/t25-,30+,31-,32+,33+,34-,35-,36+/m1/s1. The van der Waals surface area contributed by atoms with Crippen molar-refractivity contribution in [1.82, 2.24) is 0 Å². The molecule has 8 atom stereocenters. The maximum Gasteiger partial charge on any atom is 0.0633 e. The van der Waals surface area contributed by atoms with Crippen LogP contribution in [0.4, 0.5) is 0 Å². The van der Waals surface area contributed by atoms with Gasteiger partial charge in [-0.05, 0) is 109 Å². The van der Waals surface area contributed by atoms with Crippen molar-refractivity contribution >= 4 is 5.57 Å². The first-order valence-corrected chi connectivity index (χ1v) is 15.1. The molecule has 6 rings (SSSR count). The van der Waals surface area contributed by atoms with E-state index in [9.17, 15) is 5.11 Å². The Labute approximate surface area is 225 Å². The van der Waals surface area contributed by atoms with Crippen LogP contribution < -0.4 is 0 Å². The summed E-state index contributed by atoms with van der Waals surface area (Å²) in [6.45, 7) is 7.61. The van der Waals surface area contributed by atoms with Crippen molar-refractivity contribution in [2.75, 3.05) is 0 Å². The lowest BCUT2D eigenvalue weighted by Crippen LogP contribution is -2.54. The lowest BCUT2D eigenvalue weighted by Gasteiger charge is -2.59. The molecule has 4 aliphatic carbocycles. The third-order valence-corrected chi connectivity index (χ3v) is 11.8. The highest BCUT2D eigenvalue weighted by Gasteiger charge is 2.60. The second kappa shape index (κ2) is 9.88. The predicted octanol–water partition coefficient (Wildman–Crippen LogP) is 9.08. The molecule has 0 unspecified atom stereocenters. The summed E-state index contributed by atoms with van der Waals surface area (Å²) in [4.78, 5) is 0. The SMILES string of the molecule is C[C@H](CC=C(c1ccccc1)c1ccccc1)[C@H]1CC[C@H]2[C@@H]3CC=C4CCC[C@@H](O)[C@]4(C)[C@H]3CC[C@]12C. The van der Waals surface area contributed by atoms with Crippen LogP contribution in [-0.4, -0.2) is 11.2 Å². The minimum Gasteiger partial charge on any atom is -0.392 e. The van der Waals surface area contributed by atoms with Crippen molar-refractivity contribution in [3.63, 3.8) is 0 Å². The van der Waals surface area contributed by atoms with Crippen molar-refractivity contribution in [1.29, 1.82) is 0 Å². The maximum absolute atomic E-state index is 11.2. The summed E-state index contributed by atoms with van der Waals surface area (Å²) in [5.74, 6) is 3.72. The molecular weight excluding hydrogens is 448 g/mol. The molecule has 3 fully saturated rings. The van der Waals surface area contributed by atoms with Gasteiger partial charge in [0.05, 0.1) is 6.10 Å². The van der Waals surface area contributed by atoms with Gasteiger partial charge in [0.2, 0.25) is 0 Å². The fourth-order valence-corrected chi connectivity index (χ4v) is 9.80. The summed E-state index contributed by atoms with van der Waals surface area (Å²) >= 11 is 0. The highest BCUT2D eigenvalue weighted by molar-refractivity contribution is 5.79. The molecule has 0 heterocycles. The van der Waals surface area contributed by atoms with Crippen LogP contribution in [0.2, 0.25) is 0 Å². The molecule has 3 saturated carbocycles. The zero-order chi connectivity index (χ0) is 25.6. The van der Waals surface area contributed by atoms with Gasteiger partial charge >= 0.3 is 0 Å². The maximum atomic E-state index is 11.2. The third kappa shape index (κ3) is 4.17. The van der Waals surface area contributed by atoms with Crippen LogP contribution in [0.25, 0.3) is 5.57 Å². The summed E-state index contributed by atoms with van der Waals surface area (Å²) in [6, 6.07) is 21.9. The van der Waals surface area contributed by atoms with E-state index >= 15 is 0 Å². The number of allylic oxidation sites excluding steroid dienone is 2.